The van der Waals surface area contributed by atoms with Gasteiger partial charge in [-0.3, -0.25) is 0 Å². The van der Waals surface area contributed by atoms with Gasteiger partial charge in [-0.1, -0.05) is 13.0 Å². The highest BCUT2D eigenvalue weighted by atomic mass is 79.9. The van der Waals surface area contributed by atoms with Crippen LogP contribution in [0.1, 0.15) is 38.3 Å². The number of ether oxygens (including phenoxy) is 1. The summed E-state index contributed by atoms with van der Waals surface area (Å²) in [6, 6.07) is 7.13. The van der Waals surface area contributed by atoms with Gasteiger partial charge in [-0.2, -0.15) is 0 Å². The molecule has 1 N–H and O–H groups in total. The topological polar surface area (TPSA) is 21.3 Å². The van der Waals surface area contributed by atoms with Gasteiger partial charge in [0.05, 0.1) is 0 Å². The van der Waals surface area contributed by atoms with E-state index in [1.54, 1.807) is 0 Å². The Bertz CT molecular complexity index is 407. The molecule has 0 bridgehead atoms. The van der Waals surface area contributed by atoms with Crippen molar-refractivity contribution < 1.29 is 4.74 Å². The Balaban J connectivity index is 2.01. The van der Waals surface area contributed by atoms with E-state index >= 15 is 0 Å². The van der Waals surface area contributed by atoms with Gasteiger partial charge >= 0.3 is 0 Å². The molecule has 0 aromatic heterocycles. The molecule has 0 aliphatic carbocycles. The van der Waals surface area contributed by atoms with E-state index in [0.29, 0.717) is 11.3 Å². The maximum Gasteiger partial charge on any atom is 0.0476 e. The van der Waals surface area contributed by atoms with E-state index in [2.05, 4.69) is 53.3 Å². The zero-order valence-electron chi connectivity index (χ0n) is 11.6. The molecule has 1 unspecified atom stereocenters. The molecule has 106 valence electrons. The van der Waals surface area contributed by atoms with E-state index in [1.165, 1.54) is 14.9 Å². The number of benzene rings is 1. The molecular formula is C15H22BrNOS. The molecule has 4 heteroatoms. The third kappa shape index (κ3) is 4.48. The van der Waals surface area contributed by atoms with Crippen molar-refractivity contribution in [2.24, 2.45) is 0 Å². The fourth-order valence-electron chi connectivity index (χ4n) is 2.28. The maximum absolute atomic E-state index is 5.41. The standard InChI is InChI=1S/C15H22BrNOS/c1-3-17-11(2)12-4-5-15(14(16)10-12)19-13-6-8-18-9-7-13/h4-5,10-11,13,17H,3,6-9H2,1-2H3. The van der Waals surface area contributed by atoms with Gasteiger partial charge in [0, 0.05) is 33.9 Å². The number of hydrogen-bond acceptors (Lipinski definition) is 3. The SMILES string of the molecule is CCNC(C)c1ccc(SC2CCOCC2)c(Br)c1. The van der Waals surface area contributed by atoms with E-state index in [-0.39, 0.29) is 0 Å². The van der Waals surface area contributed by atoms with Crippen molar-refractivity contribution in [3.8, 4) is 0 Å². The van der Waals surface area contributed by atoms with E-state index < -0.39 is 0 Å². The van der Waals surface area contributed by atoms with Crippen molar-refractivity contribution in [1.29, 1.82) is 0 Å². The second-order valence-electron chi connectivity index (χ2n) is 4.90. The lowest BCUT2D eigenvalue weighted by Crippen LogP contribution is -2.18. The summed E-state index contributed by atoms with van der Waals surface area (Å²) in [5.74, 6) is 0. The third-order valence-corrected chi connectivity index (χ3v) is 5.76. The summed E-state index contributed by atoms with van der Waals surface area (Å²) in [6.07, 6.45) is 2.32. The van der Waals surface area contributed by atoms with Crippen LogP contribution in [0.4, 0.5) is 0 Å². The molecule has 2 nitrogen and oxygen atoms in total. The number of rotatable bonds is 5. The second-order valence-corrected chi connectivity index (χ2v) is 7.10. The van der Waals surface area contributed by atoms with E-state index in [4.69, 9.17) is 4.74 Å². The first-order chi connectivity index (χ1) is 9.20. The van der Waals surface area contributed by atoms with Gasteiger partial charge in [-0.05, 0) is 59.9 Å². The molecule has 1 aromatic rings. The Hall–Kier alpha value is -0.0300. The molecule has 0 saturated carbocycles. The van der Waals surface area contributed by atoms with Gasteiger partial charge < -0.3 is 10.1 Å². The fourth-order valence-corrected chi connectivity index (χ4v) is 4.06. The summed E-state index contributed by atoms with van der Waals surface area (Å²) in [5, 5.41) is 4.14. The molecule has 1 heterocycles. The average Bonchev–Trinajstić information content (AvgIpc) is 2.42. The monoisotopic (exact) mass is 343 g/mol. The molecule has 0 spiro atoms. The molecule has 1 saturated heterocycles. The summed E-state index contributed by atoms with van der Waals surface area (Å²) < 4.78 is 6.63. The number of thioether (sulfide) groups is 1. The normalized spacial score (nSPS) is 18.5. The lowest BCUT2D eigenvalue weighted by atomic mass is 10.1. The Morgan fingerprint density at radius 3 is 2.79 bits per heavy atom. The first-order valence-electron chi connectivity index (χ1n) is 6.98. The lowest BCUT2D eigenvalue weighted by Gasteiger charge is -2.22. The van der Waals surface area contributed by atoms with Crippen LogP contribution in [0.3, 0.4) is 0 Å². The van der Waals surface area contributed by atoms with Gasteiger partial charge in [-0.25, -0.2) is 0 Å². The lowest BCUT2D eigenvalue weighted by molar-refractivity contribution is 0.100. The minimum atomic E-state index is 0.406. The highest BCUT2D eigenvalue weighted by Crippen LogP contribution is 2.35. The predicted octanol–water partition coefficient (Wildman–Crippen LogP) is 4.39. The van der Waals surface area contributed by atoms with Crippen LogP contribution in [-0.4, -0.2) is 25.0 Å². The van der Waals surface area contributed by atoms with Crippen LogP contribution in [0.15, 0.2) is 27.6 Å². The average molecular weight is 344 g/mol. The minimum absolute atomic E-state index is 0.406. The van der Waals surface area contributed by atoms with E-state index in [0.717, 1.165) is 32.6 Å². The quantitative estimate of drug-likeness (QED) is 0.856. The summed E-state index contributed by atoms with van der Waals surface area (Å²) in [7, 11) is 0. The smallest absolute Gasteiger partial charge is 0.0476 e. The van der Waals surface area contributed by atoms with Crippen LogP contribution in [0.5, 0.6) is 0 Å². The molecule has 1 atom stereocenters. The minimum Gasteiger partial charge on any atom is -0.381 e. The Labute approximate surface area is 128 Å². The first-order valence-corrected chi connectivity index (χ1v) is 8.65. The van der Waals surface area contributed by atoms with Crippen molar-refractivity contribution in [2.45, 2.75) is 42.9 Å². The molecule has 1 aliphatic rings. The molecule has 2 rings (SSSR count). The molecule has 19 heavy (non-hydrogen) atoms. The Kier molecular flexibility index (Phi) is 6.20. The van der Waals surface area contributed by atoms with E-state index in [9.17, 15) is 0 Å². The molecule has 1 fully saturated rings. The van der Waals surface area contributed by atoms with Crippen molar-refractivity contribution in [3.05, 3.63) is 28.2 Å². The summed E-state index contributed by atoms with van der Waals surface area (Å²) in [4.78, 5) is 1.35. The van der Waals surface area contributed by atoms with Crippen LogP contribution in [-0.2, 0) is 4.74 Å². The third-order valence-electron chi connectivity index (χ3n) is 3.43. The predicted molar refractivity (Wildman–Crippen MR) is 85.9 cm³/mol. The summed E-state index contributed by atoms with van der Waals surface area (Å²) in [6.45, 7) is 7.16. The van der Waals surface area contributed by atoms with Crippen LogP contribution >= 0.6 is 27.7 Å². The van der Waals surface area contributed by atoms with Gasteiger partial charge in [0.2, 0.25) is 0 Å². The van der Waals surface area contributed by atoms with Crippen LogP contribution in [0, 0.1) is 0 Å². The second kappa shape index (κ2) is 7.67. The highest BCUT2D eigenvalue weighted by molar-refractivity contribution is 9.10. The van der Waals surface area contributed by atoms with Crippen molar-refractivity contribution in [2.75, 3.05) is 19.8 Å². The Morgan fingerprint density at radius 1 is 1.42 bits per heavy atom. The van der Waals surface area contributed by atoms with Gasteiger partial charge in [0.25, 0.3) is 0 Å². The van der Waals surface area contributed by atoms with Crippen molar-refractivity contribution >= 4 is 27.7 Å². The maximum atomic E-state index is 5.41. The van der Waals surface area contributed by atoms with Crippen LogP contribution < -0.4 is 5.32 Å². The first kappa shape index (κ1) is 15.4. The summed E-state index contributed by atoms with van der Waals surface area (Å²) >= 11 is 5.69. The molecule has 0 radical (unpaired) electrons. The number of halogens is 1. The van der Waals surface area contributed by atoms with Crippen LogP contribution in [0.2, 0.25) is 0 Å². The number of nitrogens with one attached hydrogen (secondary N) is 1. The molecule has 1 aliphatic heterocycles. The molecule has 1 aromatic carbocycles. The van der Waals surface area contributed by atoms with Crippen molar-refractivity contribution in [1.82, 2.24) is 5.32 Å². The molecule has 0 amide bonds. The zero-order chi connectivity index (χ0) is 13.7. The zero-order valence-corrected chi connectivity index (χ0v) is 14.0. The van der Waals surface area contributed by atoms with Crippen molar-refractivity contribution in [3.63, 3.8) is 0 Å². The largest absolute Gasteiger partial charge is 0.381 e. The summed E-state index contributed by atoms with van der Waals surface area (Å²) in [5.41, 5.74) is 1.34. The Morgan fingerprint density at radius 2 is 2.16 bits per heavy atom. The fraction of sp³-hybridized carbons (Fsp3) is 0.600. The van der Waals surface area contributed by atoms with Gasteiger partial charge in [-0.15, -0.1) is 11.8 Å². The van der Waals surface area contributed by atoms with Gasteiger partial charge in [0.1, 0.15) is 0 Å². The number of hydrogen-bond donors (Lipinski definition) is 1. The highest BCUT2D eigenvalue weighted by Gasteiger charge is 2.16. The van der Waals surface area contributed by atoms with Crippen LogP contribution in [0.25, 0.3) is 0 Å². The molecular weight excluding hydrogens is 322 g/mol. The van der Waals surface area contributed by atoms with Gasteiger partial charge in [0.15, 0.2) is 0 Å². The van der Waals surface area contributed by atoms with E-state index in [1.807, 2.05) is 11.8 Å².